The highest BCUT2D eigenvalue weighted by molar-refractivity contribution is 9.10. The van der Waals surface area contributed by atoms with Crippen molar-refractivity contribution < 1.29 is 19.1 Å². The summed E-state index contributed by atoms with van der Waals surface area (Å²) < 4.78 is 6.44. The molecule has 0 saturated heterocycles. The highest BCUT2D eigenvalue weighted by Gasteiger charge is 2.44. The summed E-state index contributed by atoms with van der Waals surface area (Å²) in [5.74, 6) is -0.826. The molecule has 0 aromatic heterocycles. The molecule has 5 nitrogen and oxygen atoms in total. The molecule has 26 heavy (non-hydrogen) atoms. The normalized spacial score (nSPS) is 13.9. The van der Waals surface area contributed by atoms with Gasteiger partial charge in [-0.3, -0.25) is 19.3 Å². The molecule has 1 aliphatic rings. The summed E-state index contributed by atoms with van der Waals surface area (Å²) in [6.07, 6.45) is 0. The Kier molecular flexibility index (Phi) is 5.07. The van der Waals surface area contributed by atoms with Crippen LogP contribution in [0, 0.1) is 0 Å². The molecule has 1 heterocycles. The van der Waals surface area contributed by atoms with E-state index in [0.29, 0.717) is 16.7 Å². The van der Waals surface area contributed by atoms with Crippen molar-refractivity contribution in [3.63, 3.8) is 0 Å². The van der Waals surface area contributed by atoms with E-state index in [1.807, 2.05) is 0 Å². The Morgan fingerprint density at radius 1 is 1.00 bits per heavy atom. The highest BCUT2D eigenvalue weighted by Crippen LogP contribution is 2.29. The van der Waals surface area contributed by atoms with Gasteiger partial charge in [0.05, 0.1) is 23.3 Å². The minimum Gasteiger partial charge on any atom is -0.371 e. The molecule has 0 aliphatic carbocycles. The molecule has 0 saturated carbocycles. The molecule has 0 N–H and O–H groups in total. The van der Waals surface area contributed by atoms with Crippen molar-refractivity contribution >= 4 is 33.5 Å². The molecule has 0 unspecified atom stereocenters. The number of nitrogens with zero attached hydrogens (tertiary/aromatic N) is 1. The van der Waals surface area contributed by atoms with E-state index in [1.54, 1.807) is 62.4 Å². The first-order chi connectivity index (χ1) is 12.3. The van der Waals surface area contributed by atoms with E-state index in [2.05, 4.69) is 15.9 Å². The van der Waals surface area contributed by atoms with Crippen LogP contribution in [0.1, 0.15) is 44.9 Å². The number of fused-ring (bicyclic) bond motifs is 1. The van der Waals surface area contributed by atoms with E-state index < -0.39 is 5.54 Å². The molecule has 0 fully saturated rings. The number of imide groups is 1. The Bertz CT molecular complexity index is 839. The SMILES string of the molecule is CC(C)(COCC(=O)c1ccc(Br)cc1)N1C(=O)c2ccccc2C1=O. The molecule has 134 valence electrons. The molecule has 6 heteroatoms. The van der Waals surface area contributed by atoms with Crippen molar-refractivity contribution in [2.75, 3.05) is 13.2 Å². The van der Waals surface area contributed by atoms with Crippen LogP contribution in [0.2, 0.25) is 0 Å². The third kappa shape index (κ3) is 3.48. The van der Waals surface area contributed by atoms with Crippen molar-refractivity contribution in [2.24, 2.45) is 0 Å². The van der Waals surface area contributed by atoms with Crippen molar-refractivity contribution in [3.05, 3.63) is 69.7 Å². The van der Waals surface area contributed by atoms with E-state index >= 15 is 0 Å². The number of rotatable bonds is 6. The van der Waals surface area contributed by atoms with Crippen LogP contribution in [0.15, 0.2) is 53.0 Å². The van der Waals surface area contributed by atoms with Crippen LogP contribution in [0.4, 0.5) is 0 Å². The van der Waals surface area contributed by atoms with Gasteiger partial charge in [0.15, 0.2) is 5.78 Å². The standard InChI is InChI=1S/C20H18BrNO4/c1-20(2,12-26-11-17(23)13-7-9-14(21)10-8-13)22-18(24)15-5-3-4-6-16(15)19(22)25/h3-10H,11-12H2,1-2H3. The maximum atomic E-state index is 12.6. The molecule has 0 radical (unpaired) electrons. The topological polar surface area (TPSA) is 63.7 Å². The minimum atomic E-state index is -0.868. The fourth-order valence-electron chi connectivity index (χ4n) is 2.92. The predicted octanol–water partition coefficient (Wildman–Crippen LogP) is 3.72. The Morgan fingerprint density at radius 3 is 2.08 bits per heavy atom. The van der Waals surface area contributed by atoms with Crippen LogP contribution in [0.25, 0.3) is 0 Å². The summed E-state index contributed by atoms with van der Waals surface area (Å²) in [7, 11) is 0. The zero-order valence-corrected chi connectivity index (χ0v) is 16.1. The molecule has 2 amide bonds. The summed E-state index contributed by atoms with van der Waals surface area (Å²) in [6, 6.07) is 13.7. The molecule has 0 bridgehead atoms. The number of Topliss-reactive ketones (excluding diaryl/α,β-unsaturated/α-hetero) is 1. The Balaban J connectivity index is 1.64. The molecule has 0 atom stereocenters. The average Bonchev–Trinajstić information content (AvgIpc) is 2.87. The fourth-order valence-corrected chi connectivity index (χ4v) is 3.18. The first kappa shape index (κ1) is 18.5. The number of benzene rings is 2. The van der Waals surface area contributed by atoms with Crippen molar-refractivity contribution in [1.82, 2.24) is 4.90 Å². The lowest BCUT2D eigenvalue weighted by atomic mass is 10.0. The minimum absolute atomic E-state index is 0.0702. The number of ether oxygens (including phenoxy) is 1. The molecule has 2 aromatic rings. The van der Waals surface area contributed by atoms with E-state index in [4.69, 9.17) is 4.74 Å². The maximum Gasteiger partial charge on any atom is 0.262 e. The molecule has 3 rings (SSSR count). The van der Waals surface area contributed by atoms with E-state index in [-0.39, 0.29) is 30.8 Å². The third-order valence-electron chi connectivity index (χ3n) is 4.25. The van der Waals surface area contributed by atoms with E-state index in [1.165, 1.54) is 4.90 Å². The van der Waals surface area contributed by atoms with Crippen molar-refractivity contribution in [2.45, 2.75) is 19.4 Å². The lowest BCUT2D eigenvalue weighted by Crippen LogP contribution is -2.50. The average molecular weight is 416 g/mol. The summed E-state index contributed by atoms with van der Waals surface area (Å²) in [5, 5.41) is 0. The Labute approximate surface area is 160 Å². The van der Waals surface area contributed by atoms with E-state index in [0.717, 1.165) is 4.47 Å². The quantitative estimate of drug-likeness (QED) is 0.532. The zero-order valence-electron chi connectivity index (χ0n) is 14.5. The van der Waals surface area contributed by atoms with Crippen LogP contribution < -0.4 is 0 Å². The smallest absolute Gasteiger partial charge is 0.262 e. The van der Waals surface area contributed by atoms with Crippen LogP contribution in [0.3, 0.4) is 0 Å². The second-order valence-electron chi connectivity index (χ2n) is 6.73. The van der Waals surface area contributed by atoms with E-state index in [9.17, 15) is 14.4 Å². The van der Waals surface area contributed by atoms with Gasteiger partial charge in [0, 0.05) is 10.0 Å². The Morgan fingerprint density at radius 2 is 1.54 bits per heavy atom. The number of carbonyl (C=O) groups excluding carboxylic acids is 3. The van der Waals surface area contributed by atoms with Gasteiger partial charge in [0.25, 0.3) is 11.8 Å². The second-order valence-corrected chi connectivity index (χ2v) is 7.64. The van der Waals surface area contributed by atoms with Crippen LogP contribution in [0.5, 0.6) is 0 Å². The van der Waals surface area contributed by atoms with Crippen LogP contribution >= 0.6 is 15.9 Å². The van der Waals surface area contributed by atoms with Gasteiger partial charge in [-0.15, -0.1) is 0 Å². The monoisotopic (exact) mass is 415 g/mol. The number of hydrogen-bond donors (Lipinski definition) is 0. The number of halogens is 1. The summed E-state index contributed by atoms with van der Waals surface area (Å²) in [4.78, 5) is 38.6. The lowest BCUT2D eigenvalue weighted by molar-refractivity contribution is 0.0179. The number of ketones is 1. The maximum absolute atomic E-state index is 12.6. The number of carbonyl (C=O) groups is 3. The molecule has 0 spiro atoms. The second kappa shape index (κ2) is 7.13. The van der Waals surface area contributed by atoms with Gasteiger partial charge in [-0.1, -0.05) is 40.2 Å². The lowest BCUT2D eigenvalue weighted by Gasteiger charge is -2.33. The van der Waals surface area contributed by atoms with Gasteiger partial charge >= 0.3 is 0 Å². The molecule has 2 aromatic carbocycles. The number of hydrogen-bond acceptors (Lipinski definition) is 4. The molecule has 1 aliphatic heterocycles. The fraction of sp³-hybridized carbons (Fsp3) is 0.250. The van der Waals surface area contributed by atoms with Gasteiger partial charge in [-0.05, 0) is 38.1 Å². The number of amides is 2. The largest absolute Gasteiger partial charge is 0.371 e. The van der Waals surface area contributed by atoms with Gasteiger partial charge in [0.1, 0.15) is 6.61 Å². The first-order valence-corrected chi connectivity index (χ1v) is 8.95. The van der Waals surface area contributed by atoms with Crippen LogP contribution in [-0.4, -0.2) is 41.3 Å². The molecular formula is C20H18BrNO4. The Hall–Kier alpha value is -2.31. The zero-order chi connectivity index (χ0) is 18.9. The van der Waals surface area contributed by atoms with Crippen molar-refractivity contribution in [1.29, 1.82) is 0 Å². The molecular weight excluding hydrogens is 398 g/mol. The van der Waals surface area contributed by atoms with Gasteiger partial charge in [-0.25, -0.2) is 0 Å². The summed E-state index contributed by atoms with van der Waals surface area (Å²) in [6.45, 7) is 3.45. The first-order valence-electron chi connectivity index (χ1n) is 8.16. The van der Waals surface area contributed by atoms with Crippen LogP contribution in [-0.2, 0) is 4.74 Å². The summed E-state index contributed by atoms with van der Waals surface area (Å²) in [5.41, 5.74) is 0.479. The highest BCUT2D eigenvalue weighted by atomic mass is 79.9. The van der Waals surface area contributed by atoms with Gasteiger partial charge in [-0.2, -0.15) is 0 Å². The van der Waals surface area contributed by atoms with Gasteiger partial charge < -0.3 is 4.74 Å². The third-order valence-corrected chi connectivity index (χ3v) is 4.78. The predicted molar refractivity (Wildman–Crippen MR) is 100 cm³/mol. The van der Waals surface area contributed by atoms with Gasteiger partial charge in [0.2, 0.25) is 0 Å². The summed E-state index contributed by atoms with van der Waals surface area (Å²) >= 11 is 3.32. The van der Waals surface area contributed by atoms with Crippen molar-refractivity contribution in [3.8, 4) is 0 Å².